The average Bonchev–Trinajstić information content (AvgIpc) is 3.67. The average molecular weight is 911 g/mol. The van der Waals surface area contributed by atoms with E-state index in [1.165, 1.54) is 0 Å². The molecule has 0 unspecified atom stereocenters. The van der Waals surface area contributed by atoms with Gasteiger partial charge in [0.05, 0.1) is 13.2 Å². The van der Waals surface area contributed by atoms with E-state index in [4.69, 9.17) is 9.47 Å². The van der Waals surface area contributed by atoms with Crippen molar-refractivity contribution in [1.82, 2.24) is 0 Å². The summed E-state index contributed by atoms with van der Waals surface area (Å²) in [5.41, 5.74) is -6.31. The van der Waals surface area contributed by atoms with E-state index in [9.17, 15) is 75.0 Å². The molecule has 0 amide bonds. The Morgan fingerprint density at radius 1 is 0.712 bits per heavy atom. The minimum Gasteiger partial charge on any atom is -0.383 e. The van der Waals surface area contributed by atoms with Crippen LogP contribution in [0.25, 0.3) is 0 Å². The highest BCUT2D eigenvalue weighted by Crippen LogP contribution is 2.73. The lowest BCUT2D eigenvalue weighted by molar-refractivity contribution is -0.425. The van der Waals surface area contributed by atoms with Crippen LogP contribution in [0.4, 0.5) is 79.0 Å². The molecule has 1 spiro atoms. The summed E-state index contributed by atoms with van der Waals surface area (Å²) >= 11 is 0. The van der Waals surface area contributed by atoms with Crippen LogP contribution >= 0.6 is 0 Å². The number of rotatable bonds is 9. The highest BCUT2D eigenvalue weighted by Gasteiger charge is 2.89. The van der Waals surface area contributed by atoms with Crippen molar-refractivity contribution >= 4 is 10.1 Å². The molecule has 1 aromatic carbocycles. The van der Waals surface area contributed by atoms with Gasteiger partial charge in [-0.15, -0.1) is 0 Å². The van der Waals surface area contributed by atoms with Crippen LogP contribution in [0.3, 0.4) is 0 Å². The number of hydrogen-bond donors (Lipinski definition) is 1. The fourth-order valence-corrected chi connectivity index (χ4v) is 11.0. The normalized spacial score (nSPS) is 32.3. The lowest BCUT2D eigenvalue weighted by atomic mass is 9.46. The summed E-state index contributed by atoms with van der Waals surface area (Å²) in [5, 5.41) is 4.33. The van der Waals surface area contributed by atoms with Crippen LogP contribution in [-0.2, 0) is 19.6 Å². The molecule has 4 fully saturated rings. The van der Waals surface area contributed by atoms with E-state index in [0.29, 0.717) is 17.7 Å². The van der Waals surface area contributed by atoms with E-state index in [1.807, 2.05) is 0 Å². The zero-order valence-corrected chi connectivity index (χ0v) is 30.7. The molecule has 1 saturated heterocycles. The molecule has 25 heteroatoms. The molecule has 59 heavy (non-hydrogen) atoms. The zero-order chi connectivity index (χ0) is 44.6. The van der Waals surface area contributed by atoms with E-state index in [-0.39, 0.29) is 44.5 Å². The minimum atomic E-state index is -7.64. The fourth-order valence-electron chi connectivity index (χ4n) is 10.1. The van der Waals surface area contributed by atoms with E-state index < -0.39 is 129 Å². The van der Waals surface area contributed by atoms with Gasteiger partial charge < -0.3 is 18.8 Å². The van der Waals surface area contributed by atoms with Gasteiger partial charge in [-0.05, 0) is 79.4 Å². The van der Waals surface area contributed by atoms with Gasteiger partial charge in [0.15, 0.2) is 5.79 Å². The van der Waals surface area contributed by atoms with Crippen LogP contribution in [0.1, 0.15) is 63.4 Å². The smallest absolute Gasteiger partial charge is 0.383 e. The van der Waals surface area contributed by atoms with Crippen molar-refractivity contribution in [2.24, 2.45) is 29.1 Å². The lowest BCUT2D eigenvalue weighted by Crippen LogP contribution is -2.72. The monoisotopic (exact) mass is 910 g/mol. The summed E-state index contributed by atoms with van der Waals surface area (Å²) in [6.45, 7) is 1.27. The number of hydrogen-bond acceptors (Lipinski definition) is 6. The van der Waals surface area contributed by atoms with Crippen molar-refractivity contribution in [3.05, 3.63) is 41.5 Å². The molecule has 0 radical (unpaired) electrons. The maximum atomic E-state index is 15.9. The summed E-state index contributed by atoms with van der Waals surface area (Å²) in [6, 6.07) is 2.38. The SMILES string of the molecule is C[C@]12C[C@H](c3ccc(OS(=O)(=O)C(F)(F)C(F)(F)C(F)(F)C(F)(F)F)cc3)[C@H]3[C@@H](CC=C4CC5(CC[C@@H]43)OCCO5)[C@@H]1CC[C@@]2(O)C(F)(F)C(F)(F)C(F)(F)C(F)(F)F. The molecule has 336 valence electrons. The van der Waals surface area contributed by atoms with Crippen molar-refractivity contribution in [3.8, 4) is 5.75 Å². The van der Waals surface area contributed by atoms with Crippen LogP contribution < -0.4 is 4.18 Å². The molecule has 6 rings (SSSR count). The maximum absolute atomic E-state index is 15.9. The molecule has 7 atom stereocenters. The van der Waals surface area contributed by atoms with Gasteiger partial charge >= 0.3 is 57.3 Å². The van der Waals surface area contributed by atoms with Crippen molar-refractivity contribution in [3.63, 3.8) is 0 Å². The van der Waals surface area contributed by atoms with Gasteiger partial charge in [0, 0.05) is 18.3 Å². The Bertz CT molecular complexity index is 1920. The molecule has 0 bridgehead atoms. The van der Waals surface area contributed by atoms with Crippen LogP contribution in [0.15, 0.2) is 35.9 Å². The Morgan fingerprint density at radius 2 is 1.24 bits per heavy atom. The van der Waals surface area contributed by atoms with Gasteiger partial charge in [-0.2, -0.15) is 87.4 Å². The van der Waals surface area contributed by atoms with Crippen LogP contribution in [0.5, 0.6) is 5.75 Å². The Balaban J connectivity index is 1.40. The first-order valence-corrected chi connectivity index (χ1v) is 19.0. The second-order valence-electron chi connectivity index (χ2n) is 15.9. The second kappa shape index (κ2) is 13.4. The lowest BCUT2D eigenvalue weighted by Gasteiger charge is -2.60. The molecule has 1 aliphatic heterocycles. The van der Waals surface area contributed by atoms with Gasteiger partial charge in [0.25, 0.3) is 0 Å². The number of benzene rings is 1. The summed E-state index contributed by atoms with van der Waals surface area (Å²) in [6.07, 6.45) is -15.1. The van der Waals surface area contributed by atoms with Crippen LogP contribution in [-0.4, -0.2) is 85.3 Å². The number of halogens is 18. The van der Waals surface area contributed by atoms with Gasteiger partial charge in [-0.1, -0.05) is 30.7 Å². The summed E-state index contributed by atoms with van der Waals surface area (Å²) < 4.78 is 291. The fraction of sp³-hybridized carbons (Fsp3) is 0.765. The minimum absolute atomic E-state index is 0.0502. The van der Waals surface area contributed by atoms with Crippen LogP contribution in [0.2, 0.25) is 0 Å². The molecular formula is C34H32F18O6S. The second-order valence-corrected chi connectivity index (χ2v) is 17.5. The number of allylic oxidation sites excluding steroid dienone is 1. The highest BCUT2D eigenvalue weighted by molar-refractivity contribution is 7.88. The molecule has 6 nitrogen and oxygen atoms in total. The van der Waals surface area contributed by atoms with Crippen molar-refractivity contribution in [1.29, 1.82) is 0 Å². The standard InChI is InChI=1S/C34H32F18O6S/c1-24-15-21(16-2-5-18(6-3-16)58-59(54,55)34(51,52)31(43,44)30(41,42)33(48,49)50)23-19-8-10-25(56-12-13-57-25)14-17(19)4-7-20(23)22(24)9-11-26(24,53)27(35,36)28(37,38)29(39,40)32(45,46)47/h2-6,19-23,53H,7-15H2,1H3/t19-,20-,21+,22-,23+,24-,26-/m0/s1. The predicted molar refractivity (Wildman–Crippen MR) is 163 cm³/mol. The number of aliphatic hydroxyl groups is 1. The Labute approximate surface area is 322 Å². The topological polar surface area (TPSA) is 82.1 Å². The predicted octanol–water partition coefficient (Wildman–Crippen LogP) is 10.0. The Hall–Kier alpha value is -2.67. The molecule has 4 aliphatic carbocycles. The molecule has 1 heterocycles. The van der Waals surface area contributed by atoms with Gasteiger partial charge in [0.2, 0.25) is 0 Å². The third-order valence-corrected chi connectivity index (χ3v) is 14.3. The first kappa shape index (κ1) is 45.8. The van der Waals surface area contributed by atoms with E-state index in [1.54, 1.807) is 6.08 Å². The zero-order valence-electron chi connectivity index (χ0n) is 29.8. The molecule has 3 saturated carbocycles. The van der Waals surface area contributed by atoms with E-state index >= 15 is 17.6 Å². The Kier molecular flexibility index (Phi) is 10.4. The van der Waals surface area contributed by atoms with E-state index in [0.717, 1.165) is 19.1 Å². The first-order valence-electron chi connectivity index (χ1n) is 17.6. The quantitative estimate of drug-likeness (QED) is 0.151. The Morgan fingerprint density at radius 3 is 1.76 bits per heavy atom. The summed E-state index contributed by atoms with van der Waals surface area (Å²) in [5.74, 6) is -43.5. The molecule has 1 N–H and O–H groups in total. The van der Waals surface area contributed by atoms with Gasteiger partial charge in [-0.25, -0.2) is 0 Å². The van der Waals surface area contributed by atoms with Gasteiger partial charge in [-0.3, -0.25) is 0 Å². The van der Waals surface area contributed by atoms with Gasteiger partial charge in [0.1, 0.15) is 11.4 Å². The maximum Gasteiger partial charge on any atom is 0.460 e. The largest absolute Gasteiger partial charge is 0.460 e. The third kappa shape index (κ3) is 6.20. The summed E-state index contributed by atoms with van der Waals surface area (Å²) in [7, 11) is -7.41. The van der Waals surface area contributed by atoms with Crippen molar-refractivity contribution in [2.75, 3.05) is 13.2 Å². The first-order chi connectivity index (χ1) is 26.5. The molecule has 5 aliphatic rings. The van der Waals surface area contributed by atoms with E-state index in [2.05, 4.69) is 4.18 Å². The number of alkyl halides is 18. The molecule has 0 aromatic heterocycles. The number of ether oxygens (including phenoxy) is 2. The van der Waals surface area contributed by atoms with Crippen molar-refractivity contribution in [2.45, 2.75) is 116 Å². The van der Waals surface area contributed by atoms with Crippen molar-refractivity contribution < 1.29 is 106 Å². The molecular weight excluding hydrogens is 878 g/mol. The summed E-state index contributed by atoms with van der Waals surface area (Å²) in [4.78, 5) is 0. The molecule has 1 aromatic rings. The third-order valence-electron chi connectivity index (χ3n) is 13.0. The van der Waals surface area contributed by atoms with Crippen LogP contribution in [0, 0.1) is 29.1 Å². The highest BCUT2D eigenvalue weighted by atomic mass is 32.2. The number of fused-ring (bicyclic) bond motifs is 5.